The first-order valence-corrected chi connectivity index (χ1v) is 7.33. The van der Waals surface area contributed by atoms with Crippen LogP contribution in [0.25, 0.3) is 0 Å². The lowest BCUT2D eigenvalue weighted by Crippen LogP contribution is -2.20. The van der Waals surface area contributed by atoms with E-state index in [1.807, 2.05) is 13.0 Å². The van der Waals surface area contributed by atoms with Crippen molar-refractivity contribution in [3.8, 4) is 5.75 Å². The minimum absolute atomic E-state index is 0.504. The highest BCUT2D eigenvalue weighted by atomic mass is 16.5. The number of fused-ring (bicyclic) bond motifs is 1. The van der Waals surface area contributed by atoms with Crippen LogP contribution in [0.4, 0.5) is 5.69 Å². The quantitative estimate of drug-likeness (QED) is 0.905. The van der Waals surface area contributed by atoms with E-state index in [0.29, 0.717) is 12.6 Å². The van der Waals surface area contributed by atoms with Crippen molar-refractivity contribution in [1.82, 2.24) is 0 Å². The maximum absolute atomic E-state index is 5.53. The van der Waals surface area contributed by atoms with E-state index in [1.54, 1.807) is 0 Å². The topological polar surface area (TPSA) is 21.3 Å². The largest absolute Gasteiger partial charge is 0.494 e. The third kappa shape index (κ3) is 2.64. The van der Waals surface area contributed by atoms with Crippen molar-refractivity contribution in [1.29, 1.82) is 0 Å². The Balaban J connectivity index is 1.71. The highest BCUT2D eigenvalue weighted by molar-refractivity contribution is 5.55. The number of hydrogen-bond acceptors (Lipinski definition) is 2. The van der Waals surface area contributed by atoms with Gasteiger partial charge in [-0.2, -0.15) is 0 Å². The molecular weight excluding hydrogens is 246 g/mol. The summed E-state index contributed by atoms with van der Waals surface area (Å²) in [6, 6.07) is 15.5. The number of benzene rings is 2. The molecule has 2 heteroatoms. The summed E-state index contributed by atoms with van der Waals surface area (Å²) in [6.07, 6.45) is 2.23. The molecule has 2 aromatic rings. The summed E-state index contributed by atoms with van der Waals surface area (Å²) in [5.41, 5.74) is 5.42. The van der Waals surface area contributed by atoms with Gasteiger partial charge in [-0.1, -0.05) is 24.3 Å². The van der Waals surface area contributed by atoms with E-state index in [4.69, 9.17) is 4.74 Å². The number of anilines is 1. The minimum Gasteiger partial charge on any atom is -0.494 e. The summed E-state index contributed by atoms with van der Waals surface area (Å²) in [7, 11) is 0. The average molecular weight is 267 g/mol. The lowest BCUT2D eigenvalue weighted by molar-refractivity contribution is 0.340. The van der Waals surface area contributed by atoms with Gasteiger partial charge in [-0.05, 0) is 61.6 Å². The van der Waals surface area contributed by atoms with E-state index >= 15 is 0 Å². The SMILES string of the molecule is CCOc1ccc(NC2Cc3ccccc3C2)c(C)c1. The number of hydrogen-bond donors (Lipinski definition) is 1. The van der Waals surface area contributed by atoms with Crippen LogP contribution in [0, 0.1) is 6.92 Å². The molecule has 0 atom stereocenters. The first-order valence-electron chi connectivity index (χ1n) is 7.33. The highest BCUT2D eigenvalue weighted by Crippen LogP contribution is 2.27. The van der Waals surface area contributed by atoms with Crippen LogP contribution in [0.1, 0.15) is 23.6 Å². The summed E-state index contributed by atoms with van der Waals surface area (Å²) in [6.45, 7) is 4.86. The van der Waals surface area contributed by atoms with Crippen LogP contribution in [0.2, 0.25) is 0 Å². The van der Waals surface area contributed by atoms with E-state index in [9.17, 15) is 0 Å². The lowest BCUT2D eigenvalue weighted by atomic mass is 10.1. The zero-order valence-electron chi connectivity index (χ0n) is 12.1. The van der Waals surface area contributed by atoms with E-state index in [2.05, 4.69) is 48.6 Å². The molecule has 0 heterocycles. The van der Waals surface area contributed by atoms with Gasteiger partial charge in [-0.3, -0.25) is 0 Å². The number of rotatable bonds is 4. The molecule has 20 heavy (non-hydrogen) atoms. The molecule has 0 aromatic heterocycles. The molecule has 3 rings (SSSR count). The maximum atomic E-state index is 5.53. The van der Waals surface area contributed by atoms with Gasteiger partial charge in [-0.15, -0.1) is 0 Å². The van der Waals surface area contributed by atoms with Crippen LogP contribution in [0.3, 0.4) is 0 Å². The van der Waals surface area contributed by atoms with Crippen molar-refractivity contribution in [3.63, 3.8) is 0 Å². The van der Waals surface area contributed by atoms with Gasteiger partial charge in [0.15, 0.2) is 0 Å². The van der Waals surface area contributed by atoms with Crippen molar-refractivity contribution < 1.29 is 4.74 Å². The Morgan fingerprint density at radius 1 is 1.10 bits per heavy atom. The van der Waals surface area contributed by atoms with E-state index < -0.39 is 0 Å². The zero-order chi connectivity index (χ0) is 13.9. The van der Waals surface area contributed by atoms with Crippen LogP contribution >= 0.6 is 0 Å². The number of ether oxygens (including phenoxy) is 1. The molecule has 1 aliphatic rings. The Morgan fingerprint density at radius 2 is 1.80 bits per heavy atom. The van der Waals surface area contributed by atoms with E-state index in [0.717, 1.165) is 18.6 Å². The molecule has 2 nitrogen and oxygen atoms in total. The van der Waals surface area contributed by atoms with Crippen molar-refractivity contribution in [2.45, 2.75) is 32.7 Å². The Kier molecular flexibility index (Phi) is 3.64. The van der Waals surface area contributed by atoms with Crippen LogP contribution < -0.4 is 10.1 Å². The predicted molar refractivity (Wildman–Crippen MR) is 83.6 cm³/mol. The molecule has 0 bridgehead atoms. The van der Waals surface area contributed by atoms with Crippen molar-refractivity contribution >= 4 is 5.69 Å². The zero-order valence-corrected chi connectivity index (χ0v) is 12.1. The summed E-state index contributed by atoms with van der Waals surface area (Å²) >= 11 is 0. The molecular formula is C18H21NO. The molecule has 1 aliphatic carbocycles. The summed E-state index contributed by atoms with van der Waals surface area (Å²) in [5.74, 6) is 0.949. The summed E-state index contributed by atoms with van der Waals surface area (Å²) in [4.78, 5) is 0. The normalized spacial score (nSPS) is 14.1. The molecule has 2 aromatic carbocycles. The van der Waals surface area contributed by atoms with Gasteiger partial charge in [0, 0.05) is 11.7 Å². The second-order valence-electron chi connectivity index (χ2n) is 5.43. The van der Waals surface area contributed by atoms with Crippen LogP contribution in [-0.4, -0.2) is 12.6 Å². The molecule has 0 saturated carbocycles. The lowest BCUT2D eigenvalue weighted by Gasteiger charge is -2.16. The van der Waals surface area contributed by atoms with Crippen LogP contribution in [0.15, 0.2) is 42.5 Å². The van der Waals surface area contributed by atoms with Crippen molar-refractivity contribution in [3.05, 3.63) is 59.2 Å². The molecule has 1 N–H and O–H groups in total. The van der Waals surface area contributed by atoms with Crippen LogP contribution in [0.5, 0.6) is 5.75 Å². The van der Waals surface area contributed by atoms with Gasteiger partial charge in [0.05, 0.1) is 6.61 Å². The Bertz CT molecular complexity index is 581. The monoisotopic (exact) mass is 267 g/mol. The molecule has 0 fully saturated rings. The molecule has 0 radical (unpaired) electrons. The van der Waals surface area contributed by atoms with E-state index in [-0.39, 0.29) is 0 Å². The first kappa shape index (κ1) is 13.0. The van der Waals surface area contributed by atoms with Gasteiger partial charge < -0.3 is 10.1 Å². The fourth-order valence-corrected chi connectivity index (χ4v) is 2.94. The standard InChI is InChI=1S/C18H21NO/c1-3-20-17-8-9-18(13(2)10-17)19-16-11-14-6-4-5-7-15(14)12-16/h4-10,16,19H,3,11-12H2,1-2H3. The Hall–Kier alpha value is -1.96. The van der Waals surface area contributed by atoms with Crippen molar-refractivity contribution in [2.75, 3.05) is 11.9 Å². The van der Waals surface area contributed by atoms with Gasteiger partial charge in [0.2, 0.25) is 0 Å². The smallest absolute Gasteiger partial charge is 0.119 e. The first-order chi connectivity index (χ1) is 9.76. The van der Waals surface area contributed by atoms with Gasteiger partial charge in [0.25, 0.3) is 0 Å². The second kappa shape index (κ2) is 5.58. The number of aryl methyl sites for hydroxylation is 1. The van der Waals surface area contributed by atoms with Crippen molar-refractivity contribution in [2.24, 2.45) is 0 Å². The molecule has 0 spiro atoms. The molecule has 0 amide bonds. The third-order valence-corrected chi connectivity index (χ3v) is 3.92. The summed E-state index contributed by atoms with van der Waals surface area (Å²) < 4.78 is 5.53. The highest BCUT2D eigenvalue weighted by Gasteiger charge is 2.20. The Morgan fingerprint density at radius 3 is 2.40 bits per heavy atom. The van der Waals surface area contributed by atoms with Gasteiger partial charge in [0.1, 0.15) is 5.75 Å². The van der Waals surface area contributed by atoms with Crippen LogP contribution in [-0.2, 0) is 12.8 Å². The molecule has 0 aliphatic heterocycles. The third-order valence-electron chi connectivity index (χ3n) is 3.92. The Labute approximate surface area is 120 Å². The van der Waals surface area contributed by atoms with Gasteiger partial charge in [-0.25, -0.2) is 0 Å². The molecule has 0 unspecified atom stereocenters. The second-order valence-corrected chi connectivity index (χ2v) is 5.43. The average Bonchev–Trinajstić information content (AvgIpc) is 2.84. The summed E-state index contributed by atoms with van der Waals surface area (Å²) in [5, 5.41) is 3.67. The molecule has 104 valence electrons. The molecule has 0 saturated heterocycles. The predicted octanol–water partition coefficient (Wildman–Crippen LogP) is 3.97. The maximum Gasteiger partial charge on any atom is 0.119 e. The fraction of sp³-hybridized carbons (Fsp3) is 0.333. The van der Waals surface area contributed by atoms with Gasteiger partial charge >= 0.3 is 0 Å². The number of nitrogens with one attached hydrogen (secondary N) is 1. The van der Waals surface area contributed by atoms with E-state index in [1.165, 1.54) is 22.4 Å². The fourth-order valence-electron chi connectivity index (χ4n) is 2.94. The minimum atomic E-state index is 0.504.